The minimum absolute atomic E-state index is 0.265. The first-order valence-corrected chi connectivity index (χ1v) is 4.67. The lowest BCUT2D eigenvalue weighted by Crippen LogP contribution is -2.08. The first kappa shape index (κ1) is 9.79. The molecule has 2 N–H and O–H groups in total. The molecule has 0 atom stereocenters. The molecule has 0 bridgehead atoms. The van der Waals surface area contributed by atoms with Crippen molar-refractivity contribution in [1.29, 1.82) is 0 Å². The van der Waals surface area contributed by atoms with E-state index in [9.17, 15) is 4.39 Å². The van der Waals surface area contributed by atoms with Crippen molar-refractivity contribution >= 4 is 0 Å². The molecule has 0 saturated carbocycles. The van der Waals surface area contributed by atoms with Crippen LogP contribution in [0.1, 0.15) is 5.69 Å². The van der Waals surface area contributed by atoms with E-state index < -0.39 is 0 Å². The van der Waals surface area contributed by atoms with E-state index in [1.54, 1.807) is 23.0 Å². The van der Waals surface area contributed by atoms with Crippen LogP contribution in [0.2, 0.25) is 0 Å². The maximum absolute atomic E-state index is 12.7. The first-order chi connectivity index (χ1) is 7.31. The number of halogens is 1. The fourth-order valence-corrected chi connectivity index (χ4v) is 1.37. The molecule has 4 nitrogen and oxygen atoms in total. The van der Waals surface area contributed by atoms with E-state index in [-0.39, 0.29) is 5.82 Å². The second-order valence-electron chi connectivity index (χ2n) is 3.15. The van der Waals surface area contributed by atoms with Gasteiger partial charge in [0.25, 0.3) is 0 Å². The van der Waals surface area contributed by atoms with Crippen LogP contribution in [-0.4, -0.2) is 21.5 Å². The van der Waals surface area contributed by atoms with Gasteiger partial charge < -0.3 is 5.73 Å². The number of aromatic nitrogens is 3. The third kappa shape index (κ3) is 2.02. The van der Waals surface area contributed by atoms with Gasteiger partial charge in [0.2, 0.25) is 0 Å². The van der Waals surface area contributed by atoms with Crippen LogP contribution in [0.15, 0.2) is 30.5 Å². The molecular formula is C10H11FN4. The highest BCUT2D eigenvalue weighted by molar-refractivity contribution is 5.32. The molecule has 0 aliphatic carbocycles. The molecule has 0 amide bonds. The lowest BCUT2D eigenvalue weighted by atomic mass is 10.3. The predicted octanol–water partition coefficient (Wildman–Crippen LogP) is 0.908. The molecule has 78 valence electrons. The molecule has 2 rings (SSSR count). The Morgan fingerprint density at radius 2 is 2.00 bits per heavy atom. The predicted molar refractivity (Wildman–Crippen MR) is 54.1 cm³/mol. The fraction of sp³-hybridized carbons (Fsp3) is 0.200. The zero-order valence-corrected chi connectivity index (χ0v) is 8.10. The summed E-state index contributed by atoms with van der Waals surface area (Å²) in [6, 6.07) is 6.10. The number of rotatable bonds is 3. The normalized spacial score (nSPS) is 10.5. The molecule has 1 heterocycles. The maximum atomic E-state index is 12.7. The number of nitrogens with two attached hydrogens (primary N) is 1. The largest absolute Gasteiger partial charge is 0.330 e. The minimum Gasteiger partial charge on any atom is -0.330 e. The van der Waals surface area contributed by atoms with E-state index in [2.05, 4.69) is 10.3 Å². The number of hydrogen-bond acceptors (Lipinski definition) is 3. The molecular weight excluding hydrogens is 195 g/mol. The summed E-state index contributed by atoms with van der Waals surface area (Å²) < 4.78 is 14.4. The van der Waals surface area contributed by atoms with E-state index in [0.29, 0.717) is 13.0 Å². The highest BCUT2D eigenvalue weighted by atomic mass is 19.1. The minimum atomic E-state index is -0.265. The number of benzene rings is 1. The topological polar surface area (TPSA) is 56.7 Å². The Hall–Kier alpha value is -1.75. The van der Waals surface area contributed by atoms with E-state index in [1.165, 1.54) is 12.1 Å². The number of nitrogens with zero attached hydrogens (tertiary/aromatic N) is 3. The second-order valence-corrected chi connectivity index (χ2v) is 3.15. The number of hydrogen-bond donors (Lipinski definition) is 1. The van der Waals surface area contributed by atoms with E-state index in [0.717, 1.165) is 11.4 Å². The zero-order valence-electron chi connectivity index (χ0n) is 8.10. The van der Waals surface area contributed by atoms with Crippen LogP contribution >= 0.6 is 0 Å². The van der Waals surface area contributed by atoms with Crippen LogP contribution in [0.25, 0.3) is 5.69 Å². The van der Waals surface area contributed by atoms with Gasteiger partial charge in [-0.1, -0.05) is 5.21 Å². The highest BCUT2D eigenvalue weighted by Gasteiger charge is 2.04. The molecule has 1 aromatic heterocycles. The monoisotopic (exact) mass is 206 g/mol. The molecule has 0 spiro atoms. The molecule has 0 radical (unpaired) electrons. The van der Waals surface area contributed by atoms with Crippen molar-refractivity contribution in [3.63, 3.8) is 0 Å². The third-order valence-corrected chi connectivity index (χ3v) is 2.09. The van der Waals surface area contributed by atoms with Crippen molar-refractivity contribution < 1.29 is 4.39 Å². The fourth-order valence-electron chi connectivity index (χ4n) is 1.37. The maximum Gasteiger partial charge on any atom is 0.123 e. The van der Waals surface area contributed by atoms with Crippen molar-refractivity contribution in [3.8, 4) is 5.69 Å². The molecule has 0 unspecified atom stereocenters. The molecule has 5 heteroatoms. The summed E-state index contributed by atoms with van der Waals surface area (Å²) in [7, 11) is 0. The van der Waals surface area contributed by atoms with Gasteiger partial charge in [-0.3, -0.25) is 0 Å². The molecule has 15 heavy (non-hydrogen) atoms. The molecule has 0 saturated heterocycles. The van der Waals surface area contributed by atoms with Gasteiger partial charge in [0.05, 0.1) is 17.6 Å². The Balaban J connectivity index is 2.36. The summed E-state index contributed by atoms with van der Waals surface area (Å²) in [5.74, 6) is -0.265. The second kappa shape index (κ2) is 4.18. The molecule has 0 aliphatic heterocycles. The summed E-state index contributed by atoms with van der Waals surface area (Å²) in [5, 5.41) is 7.73. The van der Waals surface area contributed by atoms with Gasteiger partial charge in [-0.25, -0.2) is 9.07 Å². The molecule has 0 fully saturated rings. The van der Waals surface area contributed by atoms with Gasteiger partial charge in [-0.2, -0.15) is 0 Å². The van der Waals surface area contributed by atoms with Crippen LogP contribution in [0, 0.1) is 5.82 Å². The Labute approximate surface area is 86.5 Å². The highest BCUT2D eigenvalue weighted by Crippen LogP contribution is 2.10. The average Bonchev–Trinajstić information content (AvgIpc) is 2.68. The van der Waals surface area contributed by atoms with Gasteiger partial charge >= 0.3 is 0 Å². The zero-order chi connectivity index (χ0) is 10.7. The quantitative estimate of drug-likeness (QED) is 0.812. The Morgan fingerprint density at radius 1 is 1.27 bits per heavy atom. The van der Waals surface area contributed by atoms with Crippen molar-refractivity contribution in [2.24, 2.45) is 5.73 Å². The van der Waals surface area contributed by atoms with Crippen molar-refractivity contribution in [1.82, 2.24) is 15.0 Å². The first-order valence-electron chi connectivity index (χ1n) is 4.67. The summed E-state index contributed by atoms with van der Waals surface area (Å²) in [4.78, 5) is 0. The third-order valence-electron chi connectivity index (χ3n) is 2.09. The summed E-state index contributed by atoms with van der Waals surface area (Å²) in [5.41, 5.74) is 7.17. The molecule has 1 aromatic carbocycles. The van der Waals surface area contributed by atoms with Crippen LogP contribution in [0.4, 0.5) is 4.39 Å². The summed E-state index contributed by atoms with van der Waals surface area (Å²) in [6.07, 6.45) is 2.36. The van der Waals surface area contributed by atoms with Crippen molar-refractivity contribution in [2.45, 2.75) is 6.42 Å². The van der Waals surface area contributed by atoms with Crippen LogP contribution in [-0.2, 0) is 6.42 Å². The Kier molecular flexibility index (Phi) is 2.73. The van der Waals surface area contributed by atoms with Gasteiger partial charge in [-0.05, 0) is 30.8 Å². The van der Waals surface area contributed by atoms with Gasteiger partial charge in [0.15, 0.2) is 0 Å². The summed E-state index contributed by atoms with van der Waals surface area (Å²) in [6.45, 7) is 0.536. The molecule has 0 aliphatic rings. The smallest absolute Gasteiger partial charge is 0.123 e. The van der Waals surface area contributed by atoms with E-state index in [4.69, 9.17) is 5.73 Å². The average molecular weight is 206 g/mol. The van der Waals surface area contributed by atoms with E-state index >= 15 is 0 Å². The summed E-state index contributed by atoms with van der Waals surface area (Å²) >= 11 is 0. The van der Waals surface area contributed by atoms with Crippen LogP contribution < -0.4 is 5.73 Å². The van der Waals surface area contributed by atoms with Gasteiger partial charge in [-0.15, -0.1) is 5.10 Å². The lowest BCUT2D eigenvalue weighted by molar-refractivity contribution is 0.626. The Morgan fingerprint density at radius 3 is 2.67 bits per heavy atom. The van der Waals surface area contributed by atoms with Gasteiger partial charge in [0.1, 0.15) is 5.82 Å². The van der Waals surface area contributed by atoms with Gasteiger partial charge in [0, 0.05) is 6.42 Å². The SMILES string of the molecule is NCCc1cnnn1-c1ccc(F)cc1. The standard InChI is InChI=1S/C10H11FN4/c11-8-1-3-9(4-2-8)15-10(5-6-12)7-13-14-15/h1-4,7H,5-6,12H2. The molecule has 2 aromatic rings. The van der Waals surface area contributed by atoms with Crippen LogP contribution in [0.3, 0.4) is 0 Å². The lowest BCUT2D eigenvalue weighted by Gasteiger charge is -2.04. The van der Waals surface area contributed by atoms with Crippen molar-refractivity contribution in [3.05, 3.63) is 42.0 Å². The van der Waals surface area contributed by atoms with Crippen LogP contribution in [0.5, 0.6) is 0 Å². The van der Waals surface area contributed by atoms with Crippen molar-refractivity contribution in [2.75, 3.05) is 6.54 Å². The Bertz CT molecular complexity index is 435. The van der Waals surface area contributed by atoms with E-state index in [1.807, 2.05) is 0 Å².